The first-order valence-corrected chi connectivity index (χ1v) is 5.02. The second-order valence-corrected chi connectivity index (χ2v) is 4.03. The Hall–Kier alpha value is -0.770. The smallest absolute Gasteiger partial charge is 0.314 e. The van der Waals surface area contributed by atoms with E-state index in [1.54, 1.807) is 7.05 Å². The van der Waals surface area contributed by atoms with Gasteiger partial charge in [-0.05, 0) is 25.7 Å². The van der Waals surface area contributed by atoms with Crippen LogP contribution < -0.4 is 16.0 Å². The normalized spacial score (nSPS) is 37.2. The molecule has 0 saturated carbocycles. The van der Waals surface area contributed by atoms with Crippen LogP contribution >= 0.6 is 0 Å². The van der Waals surface area contributed by atoms with Crippen molar-refractivity contribution in [2.24, 2.45) is 0 Å². The topological polar surface area (TPSA) is 53.2 Å². The van der Waals surface area contributed by atoms with Gasteiger partial charge in [0.15, 0.2) is 0 Å². The van der Waals surface area contributed by atoms with Gasteiger partial charge in [0, 0.05) is 25.2 Å². The standard InChI is InChI=1S/C9H17N3O/c1-10-9(13)12-8-4-6-2-3-7(5-8)11-6/h6-8,11H,2-5H2,1H3,(H2,10,12,13). The van der Waals surface area contributed by atoms with Crippen LogP contribution in [0.4, 0.5) is 4.79 Å². The number of carbonyl (C=O) groups excluding carboxylic acids is 1. The van der Waals surface area contributed by atoms with Gasteiger partial charge in [0.05, 0.1) is 0 Å². The highest BCUT2D eigenvalue weighted by Gasteiger charge is 2.33. The quantitative estimate of drug-likeness (QED) is 0.544. The van der Waals surface area contributed by atoms with E-state index in [-0.39, 0.29) is 6.03 Å². The molecular weight excluding hydrogens is 166 g/mol. The molecule has 2 aliphatic rings. The summed E-state index contributed by atoms with van der Waals surface area (Å²) in [5, 5.41) is 9.11. The molecule has 2 amide bonds. The summed E-state index contributed by atoms with van der Waals surface area (Å²) in [5.41, 5.74) is 0. The molecule has 2 bridgehead atoms. The molecule has 0 radical (unpaired) electrons. The minimum absolute atomic E-state index is 0.0497. The maximum absolute atomic E-state index is 11.1. The van der Waals surface area contributed by atoms with Gasteiger partial charge < -0.3 is 16.0 Å². The number of rotatable bonds is 1. The monoisotopic (exact) mass is 183 g/mol. The fourth-order valence-electron chi connectivity index (χ4n) is 2.43. The van der Waals surface area contributed by atoms with E-state index < -0.39 is 0 Å². The molecule has 2 rings (SSSR count). The molecule has 2 aliphatic heterocycles. The fourth-order valence-corrected chi connectivity index (χ4v) is 2.43. The van der Waals surface area contributed by atoms with Crippen LogP contribution in [0.1, 0.15) is 25.7 Å². The van der Waals surface area contributed by atoms with Crippen molar-refractivity contribution < 1.29 is 4.79 Å². The first-order valence-electron chi connectivity index (χ1n) is 5.02. The Balaban J connectivity index is 1.85. The van der Waals surface area contributed by atoms with Gasteiger partial charge in [0.1, 0.15) is 0 Å². The maximum Gasteiger partial charge on any atom is 0.314 e. The summed E-state index contributed by atoms with van der Waals surface area (Å²) in [6, 6.07) is 1.60. The largest absolute Gasteiger partial charge is 0.341 e. The summed E-state index contributed by atoms with van der Waals surface area (Å²) >= 11 is 0. The molecule has 2 atom stereocenters. The van der Waals surface area contributed by atoms with Crippen LogP contribution in [0.5, 0.6) is 0 Å². The Labute approximate surface area is 78.5 Å². The average Bonchev–Trinajstić information content (AvgIpc) is 2.46. The van der Waals surface area contributed by atoms with Crippen molar-refractivity contribution in [3.05, 3.63) is 0 Å². The average molecular weight is 183 g/mol. The lowest BCUT2D eigenvalue weighted by molar-refractivity contribution is 0.231. The van der Waals surface area contributed by atoms with Crippen molar-refractivity contribution in [1.29, 1.82) is 0 Å². The minimum atomic E-state index is -0.0497. The molecule has 2 saturated heterocycles. The zero-order chi connectivity index (χ0) is 9.26. The van der Waals surface area contributed by atoms with Crippen molar-refractivity contribution >= 4 is 6.03 Å². The first kappa shape index (κ1) is 8.81. The van der Waals surface area contributed by atoms with Crippen LogP contribution in [-0.2, 0) is 0 Å². The van der Waals surface area contributed by atoms with Crippen LogP contribution in [0, 0.1) is 0 Å². The van der Waals surface area contributed by atoms with Gasteiger partial charge in [-0.25, -0.2) is 4.79 Å². The van der Waals surface area contributed by atoms with E-state index in [1.807, 2.05) is 0 Å². The lowest BCUT2D eigenvalue weighted by Crippen LogP contribution is -2.49. The van der Waals surface area contributed by atoms with Crippen LogP contribution in [0.25, 0.3) is 0 Å². The van der Waals surface area contributed by atoms with E-state index in [4.69, 9.17) is 0 Å². The molecule has 2 unspecified atom stereocenters. The SMILES string of the molecule is CNC(=O)NC1CC2CCC(C1)N2. The van der Waals surface area contributed by atoms with Crippen molar-refractivity contribution in [2.45, 2.75) is 43.8 Å². The van der Waals surface area contributed by atoms with E-state index in [9.17, 15) is 4.79 Å². The Morgan fingerprint density at radius 1 is 1.31 bits per heavy atom. The second kappa shape index (κ2) is 3.54. The first-order chi connectivity index (χ1) is 6.28. The number of nitrogens with one attached hydrogen (secondary N) is 3. The third-order valence-electron chi connectivity index (χ3n) is 3.04. The Kier molecular flexibility index (Phi) is 2.40. The number of fused-ring (bicyclic) bond motifs is 2. The van der Waals surface area contributed by atoms with E-state index in [2.05, 4.69) is 16.0 Å². The Bertz CT molecular complexity index is 195. The minimum Gasteiger partial charge on any atom is -0.341 e. The molecule has 0 spiro atoms. The van der Waals surface area contributed by atoms with Crippen molar-refractivity contribution in [1.82, 2.24) is 16.0 Å². The number of amides is 2. The molecule has 2 heterocycles. The molecule has 0 aromatic rings. The van der Waals surface area contributed by atoms with Gasteiger partial charge in [-0.3, -0.25) is 0 Å². The maximum atomic E-state index is 11.1. The lowest BCUT2D eigenvalue weighted by atomic mass is 10.0. The molecule has 2 fully saturated rings. The van der Waals surface area contributed by atoms with Gasteiger partial charge in [-0.15, -0.1) is 0 Å². The number of urea groups is 1. The summed E-state index contributed by atoms with van der Waals surface area (Å²) < 4.78 is 0. The summed E-state index contributed by atoms with van der Waals surface area (Å²) in [6.45, 7) is 0. The molecule has 0 aromatic heterocycles. The van der Waals surface area contributed by atoms with Crippen LogP contribution in [0.15, 0.2) is 0 Å². The van der Waals surface area contributed by atoms with Gasteiger partial charge in [0.25, 0.3) is 0 Å². The molecule has 4 heteroatoms. The van der Waals surface area contributed by atoms with E-state index in [0.29, 0.717) is 18.1 Å². The van der Waals surface area contributed by atoms with E-state index in [1.165, 1.54) is 12.8 Å². The zero-order valence-corrected chi connectivity index (χ0v) is 7.97. The molecular formula is C9H17N3O. The highest BCUT2D eigenvalue weighted by Crippen LogP contribution is 2.26. The predicted molar refractivity (Wildman–Crippen MR) is 50.6 cm³/mol. The van der Waals surface area contributed by atoms with Crippen molar-refractivity contribution in [2.75, 3.05) is 7.05 Å². The van der Waals surface area contributed by atoms with E-state index >= 15 is 0 Å². The van der Waals surface area contributed by atoms with Gasteiger partial charge in [-0.1, -0.05) is 0 Å². The number of hydrogen-bond donors (Lipinski definition) is 3. The fraction of sp³-hybridized carbons (Fsp3) is 0.889. The lowest BCUT2D eigenvalue weighted by Gasteiger charge is -2.29. The third-order valence-corrected chi connectivity index (χ3v) is 3.04. The number of piperidine rings is 1. The Morgan fingerprint density at radius 3 is 2.46 bits per heavy atom. The molecule has 4 nitrogen and oxygen atoms in total. The number of carbonyl (C=O) groups is 1. The number of hydrogen-bond acceptors (Lipinski definition) is 2. The van der Waals surface area contributed by atoms with Crippen LogP contribution in [0.3, 0.4) is 0 Å². The van der Waals surface area contributed by atoms with Crippen molar-refractivity contribution in [3.63, 3.8) is 0 Å². The van der Waals surface area contributed by atoms with E-state index in [0.717, 1.165) is 12.8 Å². The third kappa shape index (κ3) is 1.94. The zero-order valence-electron chi connectivity index (χ0n) is 7.97. The highest BCUT2D eigenvalue weighted by atomic mass is 16.2. The molecule has 13 heavy (non-hydrogen) atoms. The van der Waals surface area contributed by atoms with Gasteiger partial charge in [-0.2, -0.15) is 0 Å². The summed E-state index contributed by atoms with van der Waals surface area (Å²) in [7, 11) is 1.66. The predicted octanol–water partition coefficient (Wildman–Crippen LogP) is 0.198. The molecule has 74 valence electrons. The highest BCUT2D eigenvalue weighted by molar-refractivity contribution is 5.73. The second-order valence-electron chi connectivity index (χ2n) is 4.03. The molecule has 3 N–H and O–H groups in total. The van der Waals surface area contributed by atoms with Gasteiger partial charge >= 0.3 is 6.03 Å². The molecule has 0 aromatic carbocycles. The van der Waals surface area contributed by atoms with Crippen molar-refractivity contribution in [3.8, 4) is 0 Å². The summed E-state index contributed by atoms with van der Waals surface area (Å²) in [6.07, 6.45) is 4.72. The summed E-state index contributed by atoms with van der Waals surface area (Å²) in [4.78, 5) is 11.1. The van der Waals surface area contributed by atoms with Crippen LogP contribution in [0.2, 0.25) is 0 Å². The Morgan fingerprint density at radius 2 is 1.92 bits per heavy atom. The van der Waals surface area contributed by atoms with Crippen LogP contribution in [-0.4, -0.2) is 31.2 Å². The van der Waals surface area contributed by atoms with Gasteiger partial charge in [0.2, 0.25) is 0 Å². The molecule has 0 aliphatic carbocycles. The summed E-state index contributed by atoms with van der Waals surface area (Å²) in [5.74, 6) is 0.